The summed E-state index contributed by atoms with van der Waals surface area (Å²) in [6, 6.07) is 0. The fourth-order valence-electron chi connectivity index (χ4n) is 0.421. The predicted molar refractivity (Wildman–Crippen MR) is 35.4 cm³/mol. The molecule has 1 heterocycles. The minimum absolute atomic E-state index is 0.0162. The second-order valence-corrected chi connectivity index (χ2v) is 1.78. The van der Waals surface area contributed by atoms with Crippen molar-refractivity contribution >= 4 is 18.0 Å². The molecule has 0 aromatic heterocycles. The van der Waals surface area contributed by atoms with Gasteiger partial charge in [-0.05, 0) is 0 Å². The Balaban J connectivity index is 0.000000424. The standard InChI is InChI=1S/C5H4O5.CHNO/c1-3-2-4(6)8-10-9-5(3)7;2-1-3/h1-2H2;2H. The van der Waals surface area contributed by atoms with E-state index in [0.717, 1.165) is 6.08 Å². The molecule has 0 amide bonds. The average Bonchev–Trinajstić information content (AvgIpc) is 2.16. The second-order valence-electron chi connectivity index (χ2n) is 1.78. The van der Waals surface area contributed by atoms with Crippen LogP contribution < -0.4 is 0 Å². The zero-order valence-corrected chi connectivity index (χ0v) is 6.36. The fraction of sp³-hybridized carbons (Fsp3) is 0.167. The molecule has 0 aromatic carbocycles. The molecule has 1 N–H and O–H groups in total. The predicted octanol–water partition coefficient (Wildman–Crippen LogP) is -0.220. The number of rotatable bonds is 0. The molecule has 1 aliphatic heterocycles. The Bertz CT molecular complexity index is 264. The third kappa shape index (κ3) is 4.46. The Kier molecular flexibility index (Phi) is 4.78. The van der Waals surface area contributed by atoms with Gasteiger partial charge in [-0.25, -0.2) is 19.8 Å². The lowest BCUT2D eigenvalue weighted by molar-refractivity contribution is -0.454. The molecule has 7 nitrogen and oxygen atoms in total. The number of carbonyl (C=O) groups excluding carboxylic acids is 3. The molecule has 0 bridgehead atoms. The first-order chi connectivity index (χ1) is 6.11. The van der Waals surface area contributed by atoms with E-state index in [1.807, 2.05) is 0 Å². The van der Waals surface area contributed by atoms with Gasteiger partial charge in [0.1, 0.15) is 0 Å². The quantitative estimate of drug-likeness (QED) is 0.243. The first kappa shape index (κ1) is 11.0. The Hall–Kier alpha value is -1.98. The molecule has 1 rings (SSSR count). The molecule has 0 aliphatic carbocycles. The van der Waals surface area contributed by atoms with Crippen molar-refractivity contribution in [2.75, 3.05) is 0 Å². The van der Waals surface area contributed by atoms with E-state index in [0.29, 0.717) is 0 Å². The number of hydrogen-bond acceptors (Lipinski definition) is 7. The van der Waals surface area contributed by atoms with E-state index >= 15 is 0 Å². The van der Waals surface area contributed by atoms with Crippen LogP contribution in [0.3, 0.4) is 0 Å². The van der Waals surface area contributed by atoms with Crippen LogP contribution >= 0.6 is 0 Å². The van der Waals surface area contributed by atoms with E-state index in [9.17, 15) is 9.59 Å². The summed E-state index contributed by atoms with van der Waals surface area (Å²) in [5.74, 6) is -1.48. The summed E-state index contributed by atoms with van der Waals surface area (Å²) in [6.45, 7) is 3.25. The van der Waals surface area contributed by atoms with E-state index in [4.69, 9.17) is 10.2 Å². The Morgan fingerprint density at radius 1 is 1.38 bits per heavy atom. The fourth-order valence-corrected chi connectivity index (χ4v) is 0.421. The van der Waals surface area contributed by atoms with Gasteiger partial charge in [-0.3, -0.25) is 9.78 Å². The summed E-state index contributed by atoms with van der Waals surface area (Å²) in [6.07, 6.45) is 0.554. The molecule has 0 spiro atoms. The monoisotopic (exact) mass is 187 g/mol. The molecule has 13 heavy (non-hydrogen) atoms. The Morgan fingerprint density at radius 2 is 1.92 bits per heavy atom. The number of hydrogen-bond donors (Lipinski definition) is 1. The molecule has 0 aromatic rings. The second kappa shape index (κ2) is 5.64. The van der Waals surface area contributed by atoms with Crippen LogP contribution in [-0.2, 0) is 29.2 Å². The molecule has 1 saturated heterocycles. The van der Waals surface area contributed by atoms with Crippen LogP contribution in [0.25, 0.3) is 0 Å². The highest BCUT2D eigenvalue weighted by Crippen LogP contribution is 2.07. The van der Waals surface area contributed by atoms with Crippen LogP contribution in [0.5, 0.6) is 0 Å². The maximum absolute atomic E-state index is 10.5. The van der Waals surface area contributed by atoms with Gasteiger partial charge in [0.2, 0.25) is 6.08 Å². The van der Waals surface area contributed by atoms with E-state index < -0.39 is 11.9 Å². The topological polar surface area (TPSA) is 103 Å². The van der Waals surface area contributed by atoms with Crippen LogP contribution in [-0.4, -0.2) is 18.0 Å². The third-order valence-electron chi connectivity index (χ3n) is 0.883. The number of isocyanates is 1. The first-order valence-electron chi connectivity index (χ1n) is 2.91. The van der Waals surface area contributed by atoms with Crippen LogP contribution in [0.2, 0.25) is 0 Å². The van der Waals surface area contributed by atoms with Crippen LogP contribution in [0.4, 0.5) is 0 Å². The van der Waals surface area contributed by atoms with Crippen molar-refractivity contribution in [3.8, 4) is 0 Å². The summed E-state index contributed by atoms with van der Waals surface area (Å²) >= 11 is 0. The molecule has 0 saturated carbocycles. The minimum Gasteiger partial charge on any atom is -0.259 e. The minimum atomic E-state index is -0.786. The van der Waals surface area contributed by atoms with Crippen molar-refractivity contribution in [1.29, 1.82) is 5.41 Å². The maximum atomic E-state index is 10.5. The highest BCUT2D eigenvalue weighted by molar-refractivity contribution is 5.93. The van der Waals surface area contributed by atoms with Gasteiger partial charge < -0.3 is 0 Å². The zero-order valence-electron chi connectivity index (χ0n) is 6.36. The lowest BCUT2D eigenvalue weighted by Crippen LogP contribution is -2.02. The van der Waals surface area contributed by atoms with Gasteiger partial charge in [0, 0.05) is 10.6 Å². The summed E-state index contributed by atoms with van der Waals surface area (Å²) in [4.78, 5) is 37.0. The van der Waals surface area contributed by atoms with Crippen molar-refractivity contribution in [2.45, 2.75) is 6.42 Å². The summed E-state index contributed by atoms with van der Waals surface area (Å²) < 4.78 is 0. The average molecular weight is 187 g/mol. The molecule has 70 valence electrons. The van der Waals surface area contributed by atoms with Gasteiger partial charge in [0.25, 0.3) is 0 Å². The molecule has 7 heteroatoms. The maximum Gasteiger partial charge on any atom is 0.373 e. The number of carbonyl (C=O) groups is 2. The van der Waals surface area contributed by atoms with Gasteiger partial charge >= 0.3 is 11.9 Å². The zero-order chi connectivity index (χ0) is 10.3. The summed E-state index contributed by atoms with van der Waals surface area (Å²) in [7, 11) is 0. The first-order valence-corrected chi connectivity index (χ1v) is 2.91. The molecule has 1 fully saturated rings. The lowest BCUT2D eigenvalue weighted by atomic mass is 10.2. The number of nitrogens with one attached hydrogen (secondary N) is 1. The largest absolute Gasteiger partial charge is 0.373 e. The van der Waals surface area contributed by atoms with Gasteiger partial charge in [0.05, 0.1) is 6.42 Å². The lowest BCUT2D eigenvalue weighted by Gasteiger charge is -1.91. The van der Waals surface area contributed by atoms with E-state index in [2.05, 4.69) is 21.4 Å². The van der Waals surface area contributed by atoms with Gasteiger partial charge in [-0.2, -0.15) is 0 Å². The van der Waals surface area contributed by atoms with Gasteiger partial charge in [-0.15, -0.1) is 0 Å². The Labute approximate surface area is 72.2 Å². The molecular weight excluding hydrogens is 182 g/mol. The van der Waals surface area contributed by atoms with E-state index in [1.54, 1.807) is 0 Å². The summed E-state index contributed by atoms with van der Waals surface area (Å²) in [5, 5.41) is 9.13. The van der Waals surface area contributed by atoms with Crippen LogP contribution in [0.1, 0.15) is 6.42 Å². The smallest absolute Gasteiger partial charge is 0.259 e. The summed E-state index contributed by atoms with van der Waals surface area (Å²) in [5.41, 5.74) is 0.0162. The highest BCUT2D eigenvalue weighted by Gasteiger charge is 2.20. The normalized spacial score (nSPS) is 15.5. The van der Waals surface area contributed by atoms with Gasteiger partial charge in [-0.1, -0.05) is 6.58 Å². The van der Waals surface area contributed by atoms with Crippen LogP contribution in [0.15, 0.2) is 12.2 Å². The molecule has 0 atom stereocenters. The molecule has 0 unspecified atom stereocenters. The molecule has 0 radical (unpaired) electrons. The van der Waals surface area contributed by atoms with Crippen molar-refractivity contribution in [3.63, 3.8) is 0 Å². The van der Waals surface area contributed by atoms with Crippen molar-refractivity contribution in [2.24, 2.45) is 0 Å². The SMILES string of the molecule is C=C1CC(=O)OOOC1=O.N=C=O. The van der Waals surface area contributed by atoms with Crippen molar-refractivity contribution in [1.82, 2.24) is 0 Å². The molecular formula is C6H5NO6. The molecule has 1 aliphatic rings. The Morgan fingerprint density at radius 3 is 2.46 bits per heavy atom. The van der Waals surface area contributed by atoms with Gasteiger partial charge in [0.15, 0.2) is 0 Å². The van der Waals surface area contributed by atoms with E-state index in [1.165, 1.54) is 0 Å². The third-order valence-corrected chi connectivity index (χ3v) is 0.883. The van der Waals surface area contributed by atoms with Crippen molar-refractivity contribution < 1.29 is 29.2 Å². The van der Waals surface area contributed by atoms with Crippen molar-refractivity contribution in [3.05, 3.63) is 12.2 Å². The highest BCUT2D eigenvalue weighted by atomic mass is 17.5. The van der Waals surface area contributed by atoms with Crippen LogP contribution in [0, 0.1) is 5.41 Å². The van der Waals surface area contributed by atoms with E-state index in [-0.39, 0.29) is 12.0 Å².